The molecular weight excluding hydrogens is 306 g/mol. The van der Waals surface area contributed by atoms with Crippen LogP contribution in [0.15, 0.2) is 18.5 Å². The van der Waals surface area contributed by atoms with Crippen molar-refractivity contribution >= 4 is 12.0 Å². The first kappa shape index (κ1) is 17.0. The second-order valence-electron chi connectivity index (χ2n) is 7.29. The van der Waals surface area contributed by atoms with Crippen LogP contribution in [0, 0.1) is 11.3 Å². The van der Waals surface area contributed by atoms with Gasteiger partial charge in [-0.1, -0.05) is 20.8 Å². The lowest BCUT2D eigenvalue weighted by Gasteiger charge is -2.56. The summed E-state index contributed by atoms with van der Waals surface area (Å²) in [4.78, 5) is 25.1. The number of amides is 2. The van der Waals surface area contributed by atoms with Crippen LogP contribution in [0.25, 0.3) is 0 Å². The Kier molecular flexibility index (Phi) is 4.62. The smallest absolute Gasteiger partial charge is 0.317 e. The van der Waals surface area contributed by atoms with Crippen LogP contribution in [0.4, 0.5) is 10.7 Å². The van der Waals surface area contributed by atoms with Crippen LogP contribution in [-0.2, 0) is 4.74 Å². The van der Waals surface area contributed by atoms with E-state index in [0.717, 1.165) is 19.0 Å². The Morgan fingerprint density at radius 1 is 1.25 bits per heavy atom. The first-order valence-corrected chi connectivity index (χ1v) is 8.55. The number of piperazine rings is 1. The molecule has 7 nitrogen and oxygen atoms in total. The Balaban J connectivity index is 1.53. The zero-order valence-corrected chi connectivity index (χ0v) is 14.9. The molecule has 1 aromatic rings. The minimum Gasteiger partial charge on any atom is -0.380 e. The molecule has 1 saturated heterocycles. The van der Waals surface area contributed by atoms with Gasteiger partial charge in [-0.25, -0.2) is 14.8 Å². The lowest BCUT2D eigenvalue weighted by atomic mass is 9.58. The van der Waals surface area contributed by atoms with Gasteiger partial charge in [0.15, 0.2) is 0 Å². The summed E-state index contributed by atoms with van der Waals surface area (Å²) in [7, 11) is 1.74. The van der Waals surface area contributed by atoms with Crippen molar-refractivity contribution in [2.75, 3.05) is 38.2 Å². The van der Waals surface area contributed by atoms with Gasteiger partial charge in [0.1, 0.15) is 0 Å². The first-order valence-electron chi connectivity index (χ1n) is 8.55. The van der Waals surface area contributed by atoms with Gasteiger partial charge in [-0.3, -0.25) is 0 Å². The van der Waals surface area contributed by atoms with Gasteiger partial charge in [-0.15, -0.1) is 0 Å². The lowest BCUT2D eigenvalue weighted by Crippen LogP contribution is -2.69. The van der Waals surface area contributed by atoms with E-state index in [2.05, 4.69) is 41.0 Å². The predicted octanol–water partition coefficient (Wildman–Crippen LogP) is 1.37. The molecule has 2 heterocycles. The third kappa shape index (κ3) is 2.92. The number of hydrogen-bond acceptors (Lipinski definition) is 5. The van der Waals surface area contributed by atoms with Crippen molar-refractivity contribution in [3.05, 3.63) is 18.5 Å². The molecule has 2 aliphatic rings. The summed E-state index contributed by atoms with van der Waals surface area (Å²) < 4.78 is 5.55. The Labute approximate surface area is 143 Å². The van der Waals surface area contributed by atoms with E-state index in [9.17, 15) is 4.79 Å². The van der Waals surface area contributed by atoms with Crippen molar-refractivity contribution < 1.29 is 9.53 Å². The maximum absolute atomic E-state index is 12.6. The largest absolute Gasteiger partial charge is 0.380 e. The molecule has 1 aliphatic heterocycles. The molecule has 1 saturated carbocycles. The average Bonchev–Trinajstić information content (AvgIpc) is 2.60. The number of nitrogens with one attached hydrogen (secondary N) is 1. The maximum atomic E-state index is 12.6. The Morgan fingerprint density at radius 3 is 2.42 bits per heavy atom. The normalized spacial score (nSPS) is 29.1. The number of hydrogen-bond donors (Lipinski definition) is 1. The van der Waals surface area contributed by atoms with Gasteiger partial charge >= 0.3 is 6.03 Å². The number of urea groups is 1. The molecule has 132 valence electrons. The molecular formula is C17H27N5O2. The summed E-state index contributed by atoms with van der Waals surface area (Å²) in [5.74, 6) is 1.06. The summed E-state index contributed by atoms with van der Waals surface area (Å²) >= 11 is 0. The number of aromatic nitrogens is 2. The van der Waals surface area contributed by atoms with Gasteiger partial charge in [-0.2, -0.15) is 0 Å². The van der Waals surface area contributed by atoms with E-state index in [1.54, 1.807) is 19.5 Å². The van der Waals surface area contributed by atoms with Crippen molar-refractivity contribution in [3.8, 4) is 0 Å². The minimum absolute atomic E-state index is 0.0168. The van der Waals surface area contributed by atoms with E-state index in [-0.39, 0.29) is 23.6 Å². The molecule has 3 atom stereocenters. The van der Waals surface area contributed by atoms with E-state index < -0.39 is 0 Å². The molecule has 0 radical (unpaired) electrons. The highest BCUT2D eigenvalue weighted by Crippen LogP contribution is 2.46. The molecule has 24 heavy (non-hydrogen) atoms. The summed E-state index contributed by atoms with van der Waals surface area (Å²) in [6.45, 7) is 9.30. The first-order chi connectivity index (χ1) is 11.4. The number of carbonyl (C=O) groups is 1. The zero-order valence-electron chi connectivity index (χ0n) is 14.9. The van der Waals surface area contributed by atoms with Crippen molar-refractivity contribution in [2.45, 2.75) is 32.9 Å². The van der Waals surface area contributed by atoms with Gasteiger partial charge in [0.25, 0.3) is 0 Å². The number of ether oxygens (including phenoxy) is 1. The Hall–Kier alpha value is -1.89. The van der Waals surface area contributed by atoms with Crippen LogP contribution in [0.1, 0.15) is 20.8 Å². The minimum atomic E-state index is -0.0382. The summed E-state index contributed by atoms with van der Waals surface area (Å²) in [5, 5.41) is 3.20. The molecule has 0 unspecified atom stereocenters. The van der Waals surface area contributed by atoms with Crippen LogP contribution in [-0.4, -0.2) is 66.3 Å². The molecule has 0 spiro atoms. The van der Waals surface area contributed by atoms with Crippen LogP contribution in [0.5, 0.6) is 0 Å². The van der Waals surface area contributed by atoms with Crippen molar-refractivity contribution in [2.24, 2.45) is 11.3 Å². The molecule has 3 rings (SSSR count). The van der Waals surface area contributed by atoms with Crippen LogP contribution in [0.2, 0.25) is 0 Å². The topological polar surface area (TPSA) is 70.6 Å². The Bertz CT molecular complexity index is 572. The quantitative estimate of drug-likeness (QED) is 0.904. The fraction of sp³-hybridized carbons (Fsp3) is 0.706. The van der Waals surface area contributed by atoms with Crippen molar-refractivity contribution in [1.29, 1.82) is 0 Å². The maximum Gasteiger partial charge on any atom is 0.317 e. The highest BCUT2D eigenvalue weighted by molar-refractivity contribution is 5.75. The number of rotatable bonds is 3. The molecule has 0 bridgehead atoms. The molecule has 2 amide bonds. The number of methoxy groups -OCH3 is 1. The standard InChI is InChI=1S/C17H27N5O2/c1-12-13(17(2,3)14(12)24-4)20-16(23)22-10-8-21(9-11-22)15-18-6-5-7-19-15/h5-7,12-14H,8-11H2,1-4H3,(H,20,23)/t12-,13+,14+/m0/s1. The molecule has 2 fully saturated rings. The molecule has 1 aromatic heterocycles. The monoisotopic (exact) mass is 333 g/mol. The van der Waals surface area contributed by atoms with E-state index in [0.29, 0.717) is 19.0 Å². The Morgan fingerprint density at radius 2 is 1.88 bits per heavy atom. The average molecular weight is 333 g/mol. The van der Waals surface area contributed by atoms with Gasteiger partial charge < -0.3 is 19.9 Å². The SMILES string of the molecule is CO[C@@H]1[C@@H](C)[C@@H](NC(=O)N2CCN(c3ncccn3)CC2)C1(C)C. The van der Waals surface area contributed by atoms with E-state index in [1.807, 2.05) is 11.0 Å². The molecule has 1 aliphatic carbocycles. The zero-order chi connectivity index (χ0) is 17.3. The number of nitrogens with zero attached hydrogens (tertiary/aromatic N) is 4. The predicted molar refractivity (Wildman–Crippen MR) is 91.9 cm³/mol. The van der Waals surface area contributed by atoms with Crippen molar-refractivity contribution in [1.82, 2.24) is 20.2 Å². The van der Waals surface area contributed by atoms with Crippen molar-refractivity contribution in [3.63, 3.8) is 0 Å². The highest BCUT2D eigenvalue weighted by Gasteiger charge is 2.55. The van der Waals surface area contributed by atoms with E-state index in [4.69, 9.17) is 4.74 Å². The molecule has 0 aromatic carbocycles. The van der Waals surface area contributed by atoms with Crippen LogP contribution < -0.4 is 10.2 Å². The summed E-state index contributed by atoms with van der Waals surface area (Å²) in [6, 6.07) is 1.97. The third-order valence-electron chi connectivity index (χ3n) is 5.47. The fourth-order valence-electron chi connectivity index (χ4n) is 4.21. The molecule has 7 heteroatoms. The van der Waals surface area contributed by atoms with Gasteiger partial charge in [0.2, 0.25) is 5.95 Å². The lowest BCUT2D eigenvalue weighted by molar-refractivity contribution is -0.141. The summed E-state index contributed by atoms with van der Waals surface area (Å²) in [6.07, 6.45) is 3.68. The second kappa shape index (κ2) is 6.55. The van der Waals surface area contributed by atoms with Gasteiger partial charge in [0.05, 0.1) is 6.10 Å². The van der Waals surface area contributed by atoms with Crippen LogP contribution in [0.3, 0.4) is 0 Å². The fourth-order valence-corrected chi connectivity index (χ4v) is 4.21. The van der Waals surface area contributed by atoms with Gasteiger partial charge in [-0.05, 0) is 6.07 Å². The van der Waals surface area contributed by atoms with Gasteiger partial charge in [0, 0.05) is 63.1 Å². The van der Waals surface area contributed by atoms with E-state index >= 15 is 0 Å². The third-order valence-corrected chi connectivity index (χ3v) is 5.47. The molecule has 1 N–H and O–H groups in total. The number of carbonyl (C=O) groups excluding carboxylic acids is 1. The number of anilines is 1. The second-order valence-corrected chi connectivity index (χ2v) is 7.29. The highest BCUT2D eigenvalue weighted by atomic mass is 16.5. The van der Waals surface area contributed by atoms with Crippen LogP contribution >= 0.6 is 0 Å². The van der Waals surface area contributed by atoms with E-state index in [1.165, 1.54) is 0 Å². The summed E-state index contributed by atoms with van der Waals surface area (Å²) in [5.41, 5.74) is -0.0382.